The predicted molar refractivity (Wildman–Crippen MR) is 81.6 cm³/mol. The molecule has 0 bridgehead atoms. The number of aryl methyl sites for hydroxylation is 1. The van der Waals surface area contributed by atoms with Crippen molar-refractivity contribution >= 4 is 11.9 Å². The largest absolute Gasteiger partial charge is 0.479 e. The summed E-state index contributed by atoms with van der Waals surface area (Å²) in [4.78, 5) is 23.0. The first-order valence-corrected chi connectivity index (χ1v) is 6.97. The molecule has 1 unspecified atom stereocenters. The first kappa shape index (κ1) is 16.6. The minimum absolute atomic E-state index is 0.145. The Morgan fingerprint density at radius 3 is 2.74 bits per heavy atom. The van der Waals surface area contributed by atoms with Gasteiger partial charge in [0.15, 0.2) is 11.8 Å². The molecular formula is C15H18N4O4. The van der Waals surface area contributed by atoms with Gasteiger partial charge >= 0.3 is 5.97 Å². The third kappa shape index (κ3) is 3.72. The molecule has 1 atom stereocenters. The maximum Gasteiger partial charge on any atom is 0.334 e. The zero-order valence-electron chi connectivity index (χ0n) is 13.1. The normalized spacial score (nSPS) is 12.0. The van der Waals surface area contributed by atoms with Crippen LogP contribution >= 0.6 is 0 Å². The van der Waals surface area contributed by atoms with Crippen molar-refractivity contribution in [1.29, 1.82) is 0 Å². The second-order valence-corrected chi connectivity index (χ2v) is 5.05. The molecule has 122 valence electrons. The van der Waals surface area contributed by atoms with E-state index in [1.807, 2.05) is 31.2 Å². The first-order chi connectivity index (χ1) is 10.9. The highest BCUT2D eigenvalue weighted by molar-refractivity contribution is 5.93. The lowest BCUT2D eigenvalue weighted by Gasteiger charge is -2.11. The van der Waals surface area contributed by atoms with E-state index in [-0.39, 0.29) is 12.2 Å². The number of rotatable bonds is 6. The molecule has 2 N–H and O–H groups in total. The SMILES string of the molecule is COC(CNC(=O)c1nnn(-c2cccc(C)c2)c1C)C(=O)O. The maximum absolute atomic E-state index is 12.1. The molecule has 2 aromatic rings. The molecule has 8 heteroatoms. The summed E-state index contributed by atoms with van der Waals surface area (Å²) in [6.45, 7) is 3.53. The molecular weight excluding hydrogens is 300 g/mol. The number of carboxylic acids is 1. The van der Waals surface area contributed by atoms with Crippen LogP contribution in [0.1, 0.15) is 21.7 Å². The second kappa shape index (κ2) is 7.01. The number of nitrogens with zero attached hydrogens (tertiary/aromatic N) is 3. The molecule has 0 saturated heterocycles. The Labute approximate surface area is 133 Å². The zero-order valence-corrected chi connectivity index (χ0v) is 13.1. The summed E-state index contributed by atoms with van der Waals surface area (Å²) in [7, 11) is 1.27. The van der Waals surface area contributed by atoms with Crippen molar-refractivity contribution in [1.82, 2.24) is 20.3 Å². The van der Waals surface area contributed by atoms with Crippen molar-refractivity contribution in [2.45, 2.75) is 20.0 Å². The van der Waals surface area contributed by atoms with Crippen LogP contribution in [0, 0.1) is 13.8 Å². The number of aliphatic carboxylic acids is 1. The number of methoxy groups -OCH3 is 1. The van der Waals surface area contributed by atoms with Gasteiger partial charge in [-0.05, 0) is 31.5 Å². The molecule has 1 heterocycles. The molecule has 0 aliphatic carbocycles. The number of amides is 1. The van der Waals surface area contributed by atoms with E-state index in [0.717, 1.165) is 11.3 Å². The third-order valence-corrected chi connectivity index (χ3v) is 3.36. The molecule has 1 aromatic carbocycles. The Bertz CT molecular complexity index is 726. The number of aromatic nitrogens is 3. The van der Waals surface area contributed by atoms with Crippen molar-refractivity contribution in [3.63, 3.8) is 0 Å². The van der Waals surface area contributed by atoms with Crippen LogP contribution in [0.5, 0.6) is 0 Å². The second-order valence-electron chi connectivity index (χ2n) is 5.05. The molecule has 0 aliphatic heterocycles. The number of hydrogen-bond donors (Lipinski definition) is 2. The Balaban J connectivity index is 2.15. The summed E-state index contributed by atoms with van der Waals surface area (Å²) >= 11 is 0. The molecule has 8 nitrogen and oxygen atoms in total. The van der Waals surface area contributed by atoms with E-state index in [4.69, 9.17) is 9.84 Å². The number of hydrogen-bond acceptors (Lipinski definition) is 5. The van der Waals surface area contributed by atoms with Gasteiger partial charge in [-0.1, -0.05) is 17.3 Å². The average Bonchev–Trinajstić information content (AvgIpc) is 2.89. The van der Waals surface area contributed by atoms with Crippen LogP contribution in [0.2, 0.25) is 0 Å². The van der Waals surface area contributed by atoms with Gasteiger partial charge in [0.05, 0.1) is 17.9 Å². The quantitative estimate of drug-likeness (QED) is 0.812. The van der Waals surface area contributed by atoms with Crippen LogP contribution in [0.25, 0.3) is 5.69 Å². The molecule has 1 amide bonds. The minimum atomic E-state index is -1.15. The van der Waals surface area contributed by atoms with Crippen molar-refractivity contribution in [2.24, 2.45) is 0 Å². The summed E-state index contributed by atoms with van der Waals surface area (Å²) in [6.07, 6.45) is -1.11. The summed E-state index contributed by atoms with van der Waals surface area (Å²) < 4.78 is 6.32. The van der Waals surface area contributed by atoms with E-state index in [9.17, 15) is 9.59 Å². The van der Waals surface area contributed by atoms with Crippen LogP contribution in [-0.2, 0) is 9.53 Å². The van der Waals surface area contributed by atoms with E-state index in [0.29, 0.717) is 5.69 Å². The van der Waals surface area contributed by atoms with E-state index in [1.54, 1.807) is 11.6 Å². The topological polar surface area (TPSA) is 106 Å². The van der Waals surface area contributed by atoms with Crippen LogP contribution in [0.4, 0.5) is 0 Å². The molecule has 23 heavy (non-hydrogen) atoms. The minimum Gasteiger partial charge on any atom is -0.479 e. The fourth-order valence-electron chi connectivity index (χ4n) is 2.08. The lowest BCUT2D eigenvalue weighted by molar-refractivity contribution is -0.148. The number of carbonyl (C=O) groups is 2. The van der Waals surface area contributed by atoms with Crippen LogP contribution in [0.15, 0.2) is 24.3 Å². The fourth-order valence-corrected chi connectivity index (χ4v) is 2.08. The van der Waals surface area contributed by atoms with Gasteiger partial charge in [-0.2, -0.15) is 0 Å². The van der Waals surface area contributed by atoms with Crippen molar-refractivity contribution in [3.05, 3.63) is 41.2 Å². The highest BCUT2D eigenvalue weighted by Gasteiger charge is 2.21. The predicted octanol–water partition coefficient (Wildman–Crippen LogP) is 0.714. The van der Waals surface area contributed by atoms with E-state index >= 15 is 0 Å². The Morgan fingerprint density at radius 2 is 2.13 bits per heavy atom. The molecule has 0 fully saturated rings. The van der Waals surface area contributed by atoms with E-state index < -0.39 is 18.0 Å². The van der Waals surface area contributed by atoms with Crippen LogP contribution in [-0.4, -0.2) is 51.7 Å². The van der Waals surface area contributed by atoms with Gasteiger partial charge in [0.25, 0.3) is 5.91 Å². The van der Waals surface area contributed by atoms with E-state index in [1.165, 1.54) is 7.11 Å². The van der Waals surface area contributed by atoms with Crippen LogP contribution < -0.4 is 5.32 Å². The highest BCUT2D eigenvalue weighted by Crippen LogP contribution is 2.13. The molecule has 1 aromatic heterocycles. The van der Waals surface area contributed by atoms with Gasteiger partial charge in [0, 0.05) is 7.11 Å². The molecule has 0 aliphatic rings. The van der Waals surface area contributed by atoms with Gasteiger partial charge in [-0.15, -0.1) is 5.10 Å². The van der Waals surface area contributed by atoms with Crippen molar-refractivity contribution in [3.8, 4) is 5.69 Å². The molecule has 0 spiro atoms. The summed E-state index contributed by atoms with van der Waals surface area (Å²) in [5.41, 5.74) is 2.58. The lowest BCUT2D eigenvalue weighted by Crippen LogP contribution is -2.38. The molecule has 2 rings (SSSR count). The third-order valence-electron chi connectivity index (χ3n) is 3.36. The van der Waals surface area contributed by atoms with Gasteiger partial charge in [0.2, 0.25) is 0 Å². The number of ether oxygens (including phenoxy) is 1. The van der Waals surface area contributed by atoms with Crippen molar-refractivity contribution in [2.75, 3.05) is 13.7 Å². The Morgan fingerprint density at radius 1 is 1.39 bits per heavy atom. The van der Waals surface area contributed by atoms with Gasteiger partial charge in [-0.25, -0.2) is 9.48 Å². The fraction of sp³-hybridized carbons (Fsp3) is 0.333. The highest BCUT2D eigenvalue weighted by atomic mass is 16.5. The number of benzene rings is 1. The monoisotopic (exact) mass is 318 g/mol. The summed E-state index contributed by atoms with van der Waals surface area (Å²) in [5.74, 6) is -1.64. The van der Waals surface area contributed by atoms with Gasteiger partial charge in [-0.3, -0.25) is 4.79 Å². The smallest absolute Gasteiger partial charge is 0.334 e. The van der Waals surface area contributed by atoms with Crippen molar-refractivity contribution < 1.29 is 19.4 Å². The van der Waals surface area contributed by atoms with Gasteiger partial charge < -0.3 is 15.2 Å². The zero-order chi connectivity index (χ0) is 17.0. The first-order valence-electron chi connectivity index (χ1n) is 6.97. The summed E-state index contributed by atoms with van der Waals surface area (Å²) in [6, 6.07) is 7.64. The number of carboxylic acid groups (broad SMARTS) is 1. The van der Waals surface area contributed by atoms with Gasteiger partial charge in [0.1, 0.15) is 0 Å². The molecule has 0 radical (unpaired) electrons. The number of nitrogens with one attached hydrogen (secondary N) is 1. The average molecular weight is 318 g/mol. The van der Waals surface area contributed by atoms with E-state index in [2.05, 4.69) is 15.6 Å². The Hall–Kier alpha value is -2.74. The Kier molecular flexibility index (Phi) is 5.07. The standard InChI is InChI=1S/C15H18N4O4/c1-9-5-4-6-11(7-9)19-10(2)13(17-18-19)14(20)16-8-12(23-3)15(21)22/h4-7,12H,8H2,1-3H3,(H,16,20)(H,21,22). The maximum atomic E-state index is 12.1. The van der Waals surface area contributed by atoms with Crippen LogP contribution in [0.3, 0.4) is 0 Å². The molecule has 0 saturated carbocycles. The summed E-state index contributed by atoms with van der Waals surface area (Å²) in [5, 5.41) is 19.2. The lowest BCUT2D eigenvalue weighted by atomic mass is 10.2. The number of carbonyl (C=O) groups excluding carboxylic acids is 1.